The number of nitrogens with zero attached hydrogens (tertiary/aromatic N) is 2. The van der Waals surface area contributed by atoms with E-state index in [1.54, 1.807) is 0 Å². The maximum absolute atomic E-state index is 4.54. The summed E-state index contributed by atoms with van der Waals surface area (Å²) in [6.07, 6.45) is 8.92. The first-order valence-corrected chi connectivity index (χ1v) is 8.23. The number of aromatic nitrogens is 2. The molecule has 3 heteroatoms. The molecule has 0 saturated heterocycles. The van der Waals surface area contributed by atoms with E-state index in [2.05, 4.69) is 44.3 Å². The maximum Gasteiger partial charge on any atom is 0.0694 e. The van der Waals surface area contributed by atoms with Crippen LogP contribution in [-0.2, 0) is 13.6 Å². The summed E-state index contributed by atoms with van der Waals surface area (Å²) in [5.74, 6) is 1.36. The van der Waals surface area contributed by atoms with Crippen LogP contribution < -0.4 is 5.32 Å². The standard InChI is InChI=1S/C17H33N3/c1-14(2)10-8-6-7-9-11-18-12-16-13-20(5)19-17(16)15(3)4/h13-15,18H,6-12H2,1-5H3. The summed E-state index contributed by atoms with van der Waals surface area (Å²) < 4.78 is 1.93. The van der Waals surface area contributed by atoms with Gasteiger partial charge >= 0.3 is 0 Å². The highest BCUT2D eigenvalue weighted by atomic mass is 15.3. The zero-order chi connectivity index (χ0) is 15.0. The minimum Gasteiger partial charge on any atom is -0.313 e. The molecule has 0 fully saturated rings. The van der Waals surface area contributed by atoms with Crippen molar-refractivity contribution in [2.24, 2.45) is 13.0 Å². The van der Waals surface area contributed by atoms with Gasteiger partial charge < -0.3 is 5.32 Å². The third kappa shape index (κ3) is 6.56. The SMILES string of the molecule is CC(C)CCCCCCNCc1cn(C)nc1C(C)C. The molecule has 3 nitrogen and oxygen atoms in total. The zero-order valence-electron chi connectivity index (χ0n) is 14.1. The van der Waals surface area contributed by atoms with E-state index in [1.807, 2.05) is 11.7 Å². The molecular formula is C17H33N3. The molecule has 0 aliphatic heterocycles. The lowest BCUT2D eigenvalue weighted by Crippen LogP contribution is -2.15. The van der Waals surface area contributed by atoms with Gasteiger partial charge in [0.05, 0.1) is 5.69 Å². The number of rotatable bonds is 10. The molecule has 0 spiro atoms. The van der Waals surface area contributed by atoms with Gasteiger partial charge in [0, 0.05) is 25.4 Å². The van der Waals surface area contributed by atoms with E-state index >= 15 is 0 Å². The van der Waals surface area contributed by atoms with Crippen LogP contribution in [0.4, 0.5) is 0 Å². The van der Waals surface area contributed by atoms with Crippen LogP contribution in [0.25, 0.3) is 0 Å². The monoisotopic (exact) mass is 279 g/mol. The van der Waals surface area contributed by atoms with Gasteiger partial charge in [-0.3, -0.25) is 4.68 Å². The summed E-state index contributed by atoms with van der Waals surface area (Å²) in [4.78, 5) is 0. The number of hydrogen-bond donors (Lipinski definition) is 1. The van der Waals surface area contributed by atoms with Crippen molar-refractivity contribution in [1.82, 2.24) is 15.1 Å². The Hall–Kier alpha value is -0.830. The second-order valence-electron chi connectivity index (χ2n) is 6.64. The first-order chi connectivity index (χ1) is 9.50. The van der Waals surface area contributed by atoms with E-state index < -0.39 is 0 Å². The highest BCUT2D eigenvalue weighted by Crippen LogP contribution is 2.17. The van der Waals surface area contributed by atoms with Gasteiger partial charge in [-0.1, -0.05) is 53.4 Å². The Morgan fingerprint density at radius 2 is 1.80 bits per heavy atom. The minimum absolute atomic E-state index is 0.504. The van der Waals surface area contributed by atoms with Crippen LogP contribution in [0.2, 0.25) is 0 Å². The molecule has 1 aromatic rings. The average molecular weight is 279 g/mol. The van der Waals surface area contributed by atoms with Gasteiger partial charge in [-0.05, 0) is 24.8 Å². The highest BCUT2D eigenvalue weighted by molar-refractivity contribution is 5.19. The second kappa shape index (κ2) is 9.17. The van der Waals surface area contributed by atoms with E-state index in [9.17, 15) is 0 Å². The first kappa shape index (κ1) is 17.2. The van der Waals surface area contributed by atoms with Crippen molar-refractivity contribution in [2.75, 3.05) is 6.54 Å². The summed E-state index contributed by atoms with van der Waals surface area (Å²) >= 11 is 0. The fourth-order valence-corrected chi connectivity index (χ4v) is 2.56. The zero-order valence-corrected chi connectivity index (χ0v) is 14.1. The predicted octanol–water partition coefficient (Wildman–Crippen LogP) is 4.24. The molecule has 1 rings (SSSR count). The summed E-state index contributed by atoms with van der Waals surface area (Å²) in [6.45, 7) is 11.1. The molecule has 1 heterocycles. The number of nitrogens with one attached hydrogen (secondary N) is 1. The maximum atomic E-state index is 4.54. The second-order valence-corrected chi connectivity index (χ2v) is 6.64. The Morgan fingerprint density at radius 1 is 1.10 bits per heavy atom. The van der Waals surface area contributed by atoms with Crippen LogP contribution in [-0.4, -0.2) is 16.3 Å². The van der Waals surface area contributed by atoms with Crippen LogP contribution in [0.1, 0.15) is 77.0 Å². The van der Waals surface area contributed by atoms with Gasteiger partial charge in [0.25, 0.3) is 0 Å². The Balaban J connectivity index is 2.12. The van der Waals surface area contributed by atoms with E-state index in [1.165, 1.54) is 43.4 Å². The van der Waals surface area contributed by atoms with Gasteiger partial charge in [0.2, 0.25) is 0 Å². The molecule has 0 radical (unpaired) electrons. The lowest BCUT2D eigenvalue weighted by atomic mass is 10.0. The molecular weight excluding hydrogens is 246 g/mol. The summed E-state index contributed by atoms with van der Waals surface area (Å²) in [5.41, 5.74) is 2.58. The normalized spacial score (nSPS) is 11.8. The lowest BCUT2D eigenvalue weighted by Gasteiger charge is -2.07. The van der Waals surface area contributed by atoms with E-state index in [0.29, 0.717) is 5.92 Å². The Bertz CT molecular complexity index is 366. The molecule has 0 unspecified atom stereocenters. The third-order valence-electron chi connectivity index (χ3n) is 3.68. The van der Waals surface area contributed by atoms with Gasteiger partial charge in [-0.25, -0.2) is 0 Å². The van der Waals surface area contributed by atoms with Crippen molar-refractivity contribution < 1.29 is 0 Å². The predicted molar refractivity (Wildman–Crippen MR) is 86.9 cm³/mol. The smallest absolute Gasteiger partial charge is 0.0694 e. The third-order valence-corrected chi connectivity index (χ3v) is 3.68. The van der Waals surface area contributed by atoms with Crippen LogP contribution in [0, 0.1) is 5.92 Å². The molecule has 0 atom stereocenters. The Kier molecular flexibility index (Phi) is 7.90. The summed E-state index contributed by atoms with van der Waals surface area (Å²) in [5, 5.41) is 8.10. The fraction of sp³-hybridized carbons (Fsp3) is 0.824. The van der Waals surface area contributed by atoms with E-state index in [-0.39, 0.29) is 0 Å². The highest BCUT2D eigenvalue weighted by Gasteiger charge is 2.10. The quantitative estimate of drug-likeness (QED) is 0.649. The first-order valence-electron chi connectivity index (χ1n) is 8.23. The van der Waals surface area contributed by atoms with Crippen LogP contribution in [0.15, 0.2) is 6.20 Å². The summed E-state index contributed by atoms with van der Waals surface area (Å²) in [7, 11) is 2.00. The Labute approximate surface area is 125 Å². The van der Waals surface area contributed by atoms with Gasteiger partial charge in [-0.2, -0.15) is 5.10 Å². The Morgan fingerprint density at radius 3 is 2.45 bits per heavy atom. The molecule has 0 amide bonds. The molecule has 20 heavy (non-hydrogen) atoms. The van der Waals surface area contributed by atoms with Crippen molar-refractivity contribution in [3.05, 3.63) is 17.5 Å². The molecule has 0 aliphatic carbocycles. The average Bonchev–Trinajstić information content (AvgIpc) is 2.73. The van der Waals surface area contributed by atoms with Gasteiger partial charge in [-0.15, -0.1) is 0 Å². The lowest BCUT2D eigenvalue weighted by molar-refractivity contribution is 0.512. The van der Waals surface area contributed by atoms with Crippen molar-refractivity contribution in [3.63, 3.8) is 0 Å². The molecule has 0 aromatic carbocycles. The van der Waals surface area contributed by atoms with Crippen molar-refractivity contribution >= 4 is 0 Å². The van der Waals surface area contributed by atoms with E-state index in [0.717, 1.165) is 19.0 Å². The van der Waals surface area contributed by atoms with Crippen LogP contribution >= 0.6 is 0 Å². The van der Waals surface area contributed by atoms with Crippen LogP contribution in [0.3, 0.4) is 0 Å². The van der Waals surface area contributed by atoms with E-state index in [4.69, 9.17) is 0 Å². The molecule has 1 aromatic heterocycles. The van der Waals surface area contributed by atoms with Crippen molar-refractivity contribution in [1.29, 1.82) is 0 Å². The van der Waals surface area contributed by atoms with Gasteiger partial charge in [0.15, 0.2) is 0 Å². The molecule has 1 N–H and O–H groups in total. The van der Waals surface area contributed by atoms with Crippen molar-refractivity contribution in [3.8, 4) is 0 Å². The van der Waals surface area contributed by atoms with Crippen molar-refractivity contribution in [2.45, 2.75) is 72.3 Å². The largest absolute Gasteiger partial charge is 0.313 e. The molecule has 0 saturated carbocycles. The minimum atomic E-state index is 0.504. The number of unbranched alkanes of at least 4 members (excludes halogenated alkanes) is 3. The topological polar surface area (TPSA) is 29.9 Å². The number of aryl methyl sites for hydroxylation is 1. The summed E-state index contributed by atoms with van der Waals surface area (Å²) in [6, 6.07) is 0. The molecule has 116 valence electrons. The molecule has 0 bridgehead atoms. The number of hydrogen-bond acceptors (Lipinski definition) is 2. The van der Waals surface area contributed by atoms with Crippen LogP contribution in [0.5, 0.6) is 0 Å². The fourth-order valence-electron chi connectivity index (χ4n) is 2.56. The molecule has 0 aliphatic rings. The van der Waals surface area contributed by atoms with Gasteiger partial charge in [0.1, 0.15) is 0 Å².